The fourth-order valence-electron chi connectivity index (χ4n) is 3.71. The van der Waals surface area contributed by atoms with Gasteiger partial charge in [-0.2, -0.15) is 0 Å². The van der Waals surface area contributed by atoms with Gasteiger partial charge in [-0.25, -0.2) is 0 Å². The molecule has 0 aromatic heterocycles. The summed E-state index contributed by atoms with van der Waals surface area (Å²) in [4.78, 5) is 0. The van der Waals surface area contributed by atoms with E-state index in [1.54, 1.807) is 24.6 Å². The number of hydrogen-bond acceptors (Lipinski definition) is 0. The van der Waals surface area contributed by atoms with Crippen molar-refractivity contribution in [2.75, 3.05) is 24.6 Å². The molecule has 0 unspecified atom stereocenters. The van der Waals surface area contributed by atoms with E-state index >= 15 is 0 Å². The van der Waals surface area contributed by atoms with E-state index in [2.05, 4.69) is 27.7 Å². The Kier molecular flexibility index (Phi) is 14.7. The average molecular weight is 303 g/mol. The van der Waals surface area contributed by atoms with Crippen LogP contribution in [0.1, 0.15) is 98.3 Å². The second-order valence-electron chi connectivity index (χ2n) is 6.97. The monoisotopic (exact) mass is 302 g/mol. The molecule has 0 radical (unpaired) electrons. The molecule has 0 spiro atoms. The molecule has 0 aliphatic heterocycles. The van der Waals surface area contributed by atoms with Gasteiger partial charge < -0.3 is 0 Å². The third-order valence-electron chi connectivity index (χ3n) is 4.96. The van der Waals surface area contributed by atoms with Crippen LogP contribution in [0.2, 0.25) is 0 Å². The van der Waals surface area contributed by atoms with Gasteiger partial charge in [0.2, 0.25) is 0 Å². The van der Waals surface area contributed by atoms with E-state index in [9.17, 15) is 0 Å². The van der Waals surface area contributed by atoms with Crippen LogP contribution in [-0.4, -0.2) is 24.6 Å². The summed E-state index contributed by atoms with van der Waals surface area (Å²) in [6.07, 6.45) is 22.7. The fraction of sp³-hybridized carbons (Fsp3) is 1.00. The summed E-state index contributed by atoms with van der Waals surface area (Å²) in [7, 11) is -0.920. The Morgan fingerprint density at radius 2 is 0.800 bits per heavy atom. The number of unbranched alkanes of at least 4 members (excludes halogenated alkanes) is 7. The van der Waals surface area contributed by atoms with Crippen LogP contribution in [0.4, 0.5) is 0 Å². The zero-order chi connectivity index (χ0) is 15.1. The molecule has 0 saturated carbocycles. The Balaban J connectivity index is 4.37. The van der Waals surface area contributed by atoms with Crippen molar-refractivity contribution in [3.8, 4) is 0 Å². The van der Waals surface area contributed by atoms with Crippen LogP contribution >= 0.6 is 7.26 Å². The van der Waals surface area contributed by atoms with Crippen LogP contribution in [0.15, 0.2) is 0 Å². The molecule has 0 aromatic carbocycles. The molecule has 0 aromatic rings. The SMILES string of the molecule is CCCCCC[PH](CCC)(CCCCC)CCCCC. The van der Waals surface area contributed by atoms with Gasteiger partial charge in [0, 0.05) is 0 Å². The van der Waals surface area contributed by atoms with E-state index in [1.807, 2.05) is 0 Å². The Bertz CT molecular complexity index is 178. The van der Waals surface area contributed by atoms with Crippen LogP contribution in [0.3, 0.4) is 0 Å². The molecule has 0 N–H and O–H groups in total. The standard InChI is InChI=1S/C19H43P/c1-5-9-12-15-19-20(16-8-4,17-13-10-6-2)18-14-11-7-3/h20H,5-19H2,1-4H3. The minimum absolute atomic E-state index is 0.920. The fourth-order valence-corrected chi connectivity index (χ4v) is 9.27. The normalized spacial score (nSPS) is 12.8. The molecule has 0 saturated heterocycles. The quantitative estimate of drug-likeness (QED) is 0.223. The first kappa shape index (κ1) is 20.4. The van der Waals surface area contributed by atoms with E-state index in [1.165, 1.54) is 70.6 Å². The molecule has 20 heavy (non-hydrogen) atoms. The third kappa shape index (κ3) is 10.2. The summed E-state index contributed by atoms with van der Waals surface area (Å²) in [5.74, 6) is 0. The van der Waals surface area contributed by atoms with Crippen LogP contribution in [-0.2, 0) is 0 Å². The zero-order valence-corrected chi connectivity index (χ0v) is 16.1. The van der Waals surface area contributed by atoms with Gasteiger partial charge in [0.1, 0.15) is 0 Å². The van der Waals surface area contributed by atoms with E-state index in [-0.39, 0.29) is 0 Å². The molecular weight excluding hydrogens is 259 g/mol. The topological polar surface area (TPSA) is 0 Å². The first-order valence-electron chi connectivity index (χ1n) is 9.74. The summed E-state index contributed by atoms with van der Waals surface area (Å²) in [5.41, 5.74) is 0. The van der Waals surface area contributed by atoms with Crippen LogP contribution in [0.5, 0.6) is 0 Å². The summed E-state index contributed by atoms with van der Waals surface area (Å²) >= 11 is 0. The molecule has 0 rings (SSSR count). The Morgan fingerprint density at radius 3 is 1.20 bits per heavy atom. The predicted molar refractivity (Wildman–Crippen MR) is 101 cm³/mol. The molecule has 1 heteroatoms. The second kappa shape index (κ2) is 14.4. The molecule has 0 aliphatic carbocycles. The van der Waals surface area contributed by atoms with Crippen molar-refractivity contribution >= 4 is 7.26 Å². The molecule has 0 aliphatic rings. The van der Waals surface area contributed by atoms with Crippen molar-refractivity contribution in [2.24, 2.45) is 0 Å². The van der Waals surface area contributed by atoms with Crippen molar-refractivity contribution < 1.29 is 0 Å². The molecule has 0 amide bonds. The van der Waals surface area contributed by atoms with E-state index in [0.29, 0.717) is 0 Å². The first-order chi connectivity index (χ1) is 9.74. The van der Waals surface area contributed by atoms with Crippen LogP contribution in [0.25, 0.3) is 0 Å². The molecule has 0 nitrogen and oxygen atoms in total. The molecule has 0 atom stereocenters. The van der Waals surface area contributed by atoms with Crippen molar-refractivity contribution in [3.05, 3.63) is 0 Å². The molecule has 0 heterocycles. The maximum atomic E-state index is 2.42. The molecule has 0 fully saturated rings. The second-order valence-corrected chi connectivity index (χ2v) is 12.0. The Labute approximate surface area is 130 Å². The van der Waals surface area contributed by atoms with Gasteiger partial charge in [-0.3, -0.25) is 0 Å². The molecule has 0 bridgehead atoms. The van der Waals surface area contributed by atoms with Gasteiger partial charge in [-0.1, -0.05) is 0 Å². The molecule has 124 valence electrons. The van der Waals surface area contributed by atoms with E-state index in [4.69, 9.17) is 0 Å². The Morgan fingerprint density at radius 1 is 0.400 bits per heavy atom. The number of hydrogen-bond donors (Lipinski definition) is 0. The minimum atomic E-state index is -0.920. The van der Waals surface area contributed by atoms with E-state index in [0.717, 1.165) is 0 Å². The van der Waals surface area contributed by atoms with Crippen molar-refractivity contribution in [3.63, 3.8) is 0 Å². The summed E-state index contributed by atoms with van der Waals surface area (Å²) in [6.45, 7) is 9.45. The van der Waals surface area contributed by atoms with Crippen molar-refractivity contribution in [2.45, 2.75) is 98.3 Å². The van der Waals surface area contributed by atoms with Gasteiger partial charge >= 0.3 is 130 Å². The summed E-state index contributed by atoms with van der Waals surface area (Å²) < 4.78 is 0. The Hall–Kier alpha value is 0.430. The van der Waals surface area contributed by atoms with Crippen molar-refractivity contribution in [1.29, 1.82) is 0 Å². The number of rotatable bonds is 15. The maximum absolute atomic E-state index is 2.42. The van der Waals surface area contributed by atoms with Gasteiger partial charge in [0.25, 0.3) is 0 Å². The predicted octanol–water partition coefficient (Wildman–Crippen LogP) is 7.11. The van der Waals surface area contributed by atoms with Gasteiger partial charge in [0.05, 0.1) is 0 Å². The summed E-state index contributed by atoms with van der Waals surface area (Å²) in [5, 5.41) is 0. The zero-order valence-electron chi connectivity index (χ0n) is 15.1. The van der Waals surface area contributed by atoms with Gasteiger partial charge in [0.15, 0.2) is 0 Å². The van der Waals surface area contributed by atoms with Crippen molar-refractivity contribution in [1.82, 2.24) is 0 Å². The van der Waals surface area contributed by atoms with Crippen LogP contribution in [0, 0.1) is 0 Å². The third-order valence-corrected chi connectivity index (χ3v) is 10.8. The van der Waals surface area contributed by atoms with Gasteiger partial charge in [-0.15, -0.1) is 0 Å². The summed E-state index contributed by atoms with van der Waals surface area (Å²) in [6, 6.07) is 0. The average Bonchev–Trinajstić information content (AvgIpc) is 2.44. The van der Waals surface area contributed by atoms with Crippen LogP contribution < -0.4 is 0 Å². The van der Waals surface area contributed by atoms with E-state index < -0.39 is 7.26 Å². The van der Waals surface area contributed by atoms with Gasteiger partial charge in [-0.05, 0) is 0 Å². The molecular formula is C19H43P. The first-order valence-corrected chi connectivity index (χ1v) is 12.6.